The Hall–Kier alpha value is -0.160. The van der Waals surface area contributed by atoms with Crippen molar-refractivity contribution in [3.05, 3.63) is 0 Å². The van der Waals surface area contributed by atoms with Crippen LogP contribution in [-0.2, 0) is 18.9 Å². The van der Waals surface area contributed by atoms with Crippen LogP contribution in [0.3, 0.4) is 0 Å². The zero-order valence-corrected chi connectivity index (χ0v) is 19.0. The zero-order valence-electron chi connectivity index (χ0n) is 19.0. The minimum absolute atomic E-state index is 0.187. The van der Waals surface area contributed by atoms with Crippen LogP contribution in [0.15, 0.2) is 0 Å². The van der Waals surface area contributed by atoms with Gasteiger partial charge in [0.05, 0.1) is 0 Å². The Morgan fingerprint density at radius 2 is 0.963 bits per heavy atom. The number of ether oxygens (including phenoxy) is 4. The molecule has 0 aliphatic rings. The molecule has 0 spiro atoms. The van der Waals surface area contributed by atoms with Crippen LogP contribution in [0.1, 0.15) is 110 Å². The molecule has 164 valence electrons. The molecule has 0 saturated carbocycles. The van der Waals surface area contributed by atoms with E-state index in [0.29, 0.717) is 0 Å². The van der Waals surface area contributed by atoms with E-state index in [1.807, 2.05) is 0 Å². The van der Waals surface area contributed by atoms with Crippen LogP contribution in [0.5, 0.6) is 0 Å². The summed E-state index contributed by atoms with van der Waals surface area (Å²) in [4.78, 5) is 0. The summed E-state index contributed by atoms with van der Waals surface area (Å²) < 4.78 is 22.9. The third-order valence-electron chi connectivity index (χ3n) is 5.38. The van der Waals surface area contributed by atoms with E-state index in [1.54, 1.807) is 21.3 Å². The smallest absolute Gasteiger partial charge is 0.310 e. The molecule has 0 bridgehead atoms. The van der Waals surface area contributed by atoms with Crippen LogP contribution in [-0.4, -0.2) is 40.0 Å². The average Bonchev–Trinajstić information content (AvgIpc) is 2.70. The molecule has 4 nitrogen and oxygen atoms in total. The summed E-state index contributed by atoms with van der Waals surface area (Å²) in [5, 5.41) is 0. The number of methoxy groups -OCH3 is 3. The average molecular weight is 389 g/mol. The van der Waals surface area contributed by atoms with E-state index in [0.717, 1.165) is 25.9 Å². The summed E-state index contributed by atoms with van der Waals surface area (Å²) in [5.74, 6) is -1.09. The first-order valence-corrected chi connectivity index (χ1v) is 11.5. The van der Waals surface area contributed by atoms with Crippen molar-refractivity contribution in [2.24, 2.45) is 0 Å². The molecule has 0 aromatic heterocycles. The molecule has 0 aromatic rings. The minimum Gasteiger partial charge on any atom is -0.370 e. The lowest BCUT2D eigenvalue weighted by Crippen LogP contribution is -2.49. The van der Waals surface area contributed by atoms with Crippen LogP contribution in [0.25, 0.3) is 0 Å². The molecule has 0 aromatic carbocycles. The quantitative estimate of drug-likeness (QED) is 0.159. The monoisotopic (exact) mass is 388 g/mol. The van der Waals surface area contributed by atoms with Gasteiger partial charge in [-0.25, -0.2) is 0 Å². The molecule has 27 heavy (non-hydrogen) atoms. The lowest BCUT2D eigenvalue weighted by molar-refractivity contribution is -0.394. The normalized spacial score (nSPS) is 13.2. The maximum absolute atomic E-state index is 6.18. The van der Waals surface area contributed by atoms with Crippen LogP contribution >= 0.6 is 0 Å². The van der Waals surface area contributed by atoms with Gasteiger partial charge in [-0.2, -0.15) is 0 Å². The first kappa shape index (κ1) is 26.8. The lowest BCUT2D eigenvalue weighted by Gasteiger charge is -2.36. The van der Waals surface area contributed by atoms with Crippen molar-refractivity contribution in [2.45, 2.75) is 122 Å². The molecule has 1 unspecified atom stereocenters. The van der Waals surface area contributed by atoms with E-state index in [9.17, 15) is 0 Å². The Kier molecular flexibility index (Phi) is 19.1. The SMILES string of the molecule is CCCCCCCCCCOC(CCCCCCCC)C(OC)(OC)OC. The molecular formula is C23H48O4. The van der Waals surface area contributed by atoms with Crippen LogP contribution in [0.4, 0.5) is 0 Å². The van der Waals surface area contributed by atoms with Gasteiger partial charge in [-0.15, -0.1) is 0 Å². The largest absolute Gasteiger partial charge is 0.370 e. The van der Waals surface area contributed by atoms with Gasteiger partial charge < -0.3 is 18.9 Å². The van der Waals surface area contributed by atoms with Crippen molar-refractivity contribution in [1.29, 1.82) is 0 Å². The summed E-state index contributed by atoms with van der Waals surface area (Å²) in [5.41, 5.74) is 0. The lowest BCUT2D eigenvalue weighted by atomic mass is 10.1. The Balaban J connectivity index is 4.15. The van der Waals surface area contributed by atoms with Gasteiger partial charge in [0, 0.05) is 27.9 Å². The van der Waals surface area contributed by atoms with Crippen molar-refractivity contribution < 1.29 is 18.9 Å². The molecular weight excluding hydrogens is 340 g/mol. The van der Waals surface area contributed by atoms with E-state index in [2.05, 4.69) is 13.8 Å². The molecule has 0 N–H and O–H groups in total. The Morgan fingerprint density at radius 3 is 1.41 bits per heavy atom. The van der Waals surface area contributed by atoms with E-state index < -0.39 is 5.97 Å². The third kappa shape index (κ3) is 12.8. The Morgan fingerprint density at radius 1 is 0.556 bits per heavy atom. The van der Waals surface area contributed by atoms with Crippen molar-refractivity contribution in [3.8, 4) is 0 Å². The summed E-state index contributed by atoms with van der Waals surface area (Å²) >= 11 is 0. The Labute approximate surface area is 169 Å². The summed E-state index contributed by atoms with van der Waals surface area (Å²) in [6.45, 7) is 5.26. The molecule has 0 rings (SSSR count). The molecule has 0 aliphatic carbocycles. The summed E-state index contributed by atoms with van der Waals surface area (Å²) in [6.07, 6.45) is 18.7. The second kappa shape index (κ2) is 19.2. The van der Waals surface area contributed by atoms with Crippen molar-refractivity contribution in [1.82, 2.24) is 0 Å². The topological polar surface area (TPSA) is 36.9 Å². The van der Waals surface area contributed by atoms with Gasteiger partial charge in [-0.1, -0.05) is 97.3 Å². The standard InChI is InChI=1S/C23H48O4/c1-6-8-10-12-14-15-17-19-21-27-22(23(24-3,25-4)26-5)20-18-16-13-11-9-7-2/h22H,6-21H2,1-5H3. The fraction of sp³-hybridized carbons (Fsp3) is 1.00. The molecule has 0 heterocycles. The number of unbranched alkanes of at least 4 members (excludes halogenated alkanes) is 12. The van der Waals surface area contributed by atoms with Crippen molar-refractivity contribution in [3.63, 3.8) is 0 Å². The Bertz CT molecular complexity index is 284. The summed E-state index contributed by atoms with van der Waals surface area (Å²) in [6, 6.07) is 0. The van der Waals surface area contributed by atoms with Crippen molar-refractivity contribution in [2.75, 3.05) is 27.9 Å². The van der Waals surface area contributed by atoms with Crippen LogP contribution in [0, 0.1) is 0 Å². The zero-order chi connectivity index (χ0) is 20.2. The minimum atomic E-state index is -1.09. The van der Waals surface area contributed by atoms with Gasteiger partial charge in [0.15, 0.2) is 0 Å². The molecule has 0 amide bonds. The maximum atomic E-state index is 6.18. The van der Waals surface area contributed by atoms with Gasteiger partial charge in [0.25, 0.3) is 0 Å². The van der Waals surface area contributed by atoms with Gasteiger partial charge in [-0.05, 0) is 12.8 Å². The second-order valence-corrected chi connectivity index (χ2v) is 7.61. The highest BCUT2D eigenvalue weighted by molar-refractivity contribution is 4.72. The van der Waals surface area contributed by atoms with E-state index >= 15 is 0 Å². The number of rotatable bonds is 21. The van der Waals surface area contributed by atoms with Crippen molar-refractivity contribution >= 4 is 0 Å². The highest BCUT2D eigenvalue weighted by Gasteiger charge is 2.40. The molecule has 4 heteroatoms. The fourth-order valence-electron chi connectivity index (χ4n) is 3.58. The van der Waals surface area contributed by atoms with Gasteiger partial charge >= 0.3 is 5.97 Å². The van der Waals surface area contributed by atoms with E-state index in [4.69, 9.17) is 18.9 Å². The molecule has 0 aliphatic heterocycles. The van der Waals surface area contributed by atoms with Crippen LogP contribution in [0.2, 0.25) is 0 Å². The first-order valence-electron chi connectivity index (χ1n) is 11.5. The van der Waals surface area contributed by atoms with Gasteiger partial charge in [0.1, 0.15) is 6.10 Å². The molecule has 1 atom stereocenters. The number of hydrogen-bond acceptors (Lipinski definition) is 4. The predicted octanol–water partition coefficient (Wildman–Crippen LogP) is 6.86. The number of hydrogen-bond donors (Lipinski definition) is 0. The van der Waals surface area contributed by atoms with Gasteiger partial charge in [0.2, 0.25) is 0 Å². The van der Waals surface area contributed by atoms with Crippen LogP contribution < -0.4 is 0 Å². The molecule has 0 fully saturated rings. The van der Waals surface area contributed by atoms with Gasteiger partial charge in [-0.3, -0.25) is 0 Å². The van der Waals surface area contributed by atoms with E-state index in [-0.39, 0.29) is 6.10 Å². The summed E-state index contributed by atoms with van der Waals surface area (Å²) in [7, 11) is 4.88. The highest BCUT2D eigenvalue weighted by Crippen LogP contribution is 2.26. The van der Waals surface area contributed by atoms with E-state index in [1.165, 1.54) is 77.0 Å². The fourth-order valence-corrected chi connectivity index (χ4v) is 3.58. The highest BCUT2D eigenvalue weighted by atomic mass is 16.9. The third-order valence-corrected chi connectivity index (χ3v) is 5.38. The maximum Gasteiger partial charge on any atom is 0.310 e. The molecule has 0 saturated heterocycles. The first-order chi connectivity index (χ1) is 13.2. The molecule has 0 radical (unpaired) electrons. The predicted molar refractivity (Wildman–Crippen MR) is 114 cm³/mol. The second-order valence-electron chi connectivity index (χ2n) is 7.61.